The lowest BCUT2D eigenvalue weighted by Gasteiger charge is -2.32. The molecule has 2 aromatic rings. The van der Waals surface area contributed by atoms with E-state index >= 15 is 0 Å². The Balaban J connectivity index is 1.45. The van der Waals surface area contributed by atoms with Gasteiger partial charge in [0.25, 0.3) is 0 Å². The van der Waals surface area contributed by atoms with Gasteiger partial charge in [0.05, 0.1) is 9.79 Å². The average molecular weight is 492 g/mol. The summed E-state index contributed by atoms with van der Waals surface area (Å²) in [5.41, 5.74) is 2.58. The number of carbonyl (C=O) groups is 1. The number of nitrogens with zero attached hydrogens (tertiary/aromatic N) is 3. The summed E-state index contributed by atoms with van der Waals surface area (Å²) in [6.45, 7) is 3.01. The summed E-state index contributed by atoms with van der Waals surface area (Å²) < 4.78 is 53.3. The van der Waals surface area contributed by atoms with Crippen LogP contribution in [0, 0.1) is 12.8 Å². The Hall–Kier alpha value is -2.27. The van der Waals surface area contributed by atoms with Crippen molar-refractivity contribution < 1.29 is 21.6 Å². The number of anilines is 1. The first kappa shape index (κ1) is 23.9. The second-order valence-electron chi connectivity index (χ2n) is 8.81. The minimum Gasteiger partial charge on any atom is -0.312 e. The molecule has 0 unspecified atom stereocenters. The van der Waals surface area contributed by atoms with Gasteiger partial charge in [-0.15, -0.1) is 0 Å². The van der Waals surface area contributed by atoms with Gasteiger partial charge in [-0.1, -0.05) is 17.7 Å². The van der Waals surface area contributed by atoms with E-state index in [1.807, 2.05) is 6.92 Å². The maximum Gasteiger partial charge on any atom is 0.243 e. The second kappa shape index (κ2) is 8.83. The highest BCUT2D eigenvalue weighted by molar-refractivity contribution is 7.89. The first-order valence-electron chi connectivity index (χ1n) is 11.0. The molecule has 0 bridgehead atoms. The molecule has 0 saturated carbocycles. The molecule has 1 fully saturated rings. The Labute approximate surface area is 195 Å². The number of fused-ring (bicyclic) bond motifs is 1. The van der Waals surface area contributed by atoms with Crippen LogP contribution in [-0.4, -0.2) is 65.1 Å². The fourth-order valence-corrected chi connectivity index (χ4v) is 6.82. The molecule has 2 aliphatic rings. The van der Waals surface area contributed by atoms with Crippen LogP contribution in [0.5, 0.6) is 0 Å². The molecule has 8 nitrogen and oxygen atoms in total. The molecule has 10 heteroatoms. The van der Waals surface area contributed by atoms with Gasteiger partial charge >= 0.3 is 0 Å². The van der Waals surface area contributed by atoms with E-state index in [-0.39, 0.29) is 21.6 Å². The molecule has 4 rings (SSSR count). The van der Waals surface area contributed by atoms with Crippen molar-refractivity contribution in [2.24, 2.45) is 5.92 Å². The van der Waals surface area contributed by atoms with Crippen molar-refractivity contribution in [3.63, 3.8) is 0 Å². The van der Waals surface area contributed by atoms with Crippen molar-refractivity contribution in [2.45, 2.75) is 36.0 Å². The second-order valence-corrected chi connectivity index (χ2v) is 12.9. The van der Waals surface area contributed by atoms with Crippen LogP contribution in [0.15, 0.2) is 52.3 Å². The van der Waals surface area contributed by atoms with Crippen molar-refractivity contribution in [1.29, 1.82) is 0 Å². The predicted octanol–water partition coefficient (Wildman–Crippen LogP) is 2.24. The van der Waals surface area contributed by atoms with Crippen molar-refractivity contribution in [1.82, 2.24) is 8.61 Å². The van der Waals surface area contributed by atoms with Gasteiger partial charge in [0.1, 0.15) is 0 Å². The van der Waals surface area contributed by atoms with E-state index in [9.17, 15) is 21.6 Å². The third-order valence-corrected chi connectivity index (χ3v) is 10.2. The molecule has 178 valence electrons. The Morgan fingerprint density at radius 1 is 0.909 bits per heavy atom. The Morgan fingerprint density at radius 3 is 2.12 bits per heavy atom. The molecule has 2 heterocycles. The smallest absolute Gasteiger partial charge is 0.243 e. The van der Waals surface area contributed by atoms with E-state index in [4.69, 9.17) is 0 Å². The number of hydrogen-bond acceptors (Lipinski definition) is 5. The summed E-state index contributed by atoms with van der Waals surface area (Å²) in [6, 6.07) is 11.7. The first-order chi connectivity index (χ1) is 15.5. The molecule has 0 atom stereocenters. The van der Waals surface area contributed by atoms with Gasteiger partial charge in [0, 0.05) is 45.3 Å². The van der Waals surface area contributed by atoms with Gasteiger partial charge in [-0.05, 0) is 62.1 Å². The average Bonchev–Trinajstić information content (AvgIpc) is 3.22. The van der Waals surface area contributed by atoms with Gasteiger partial charge < -0.3 is 4.90 Å². The van der Waals surface area contributed by atoms with Crippen LogP contribution in [0.25, 0.3) is 0 Å². The van der Waals surface area contributed by atoms with Crippen molar-refractivity contribution in [3.8, 4) is 0 Å². The molecular weight excluding hydrogens is 462 g/mol. The van der Waals surface area contributed by atoms with Crippen molar-refractivity contribution in [3.05, 3.63) is 53.6 Å². The molecule has 0 aromatic heterocycles. The number of rotatable bonds is 5. The highest BCUT2D eigenvalue weighted by Gasteiger charge is 2.36. The summed E-state index contributed by atoms with van der Waals surface area (Å²) in [5.74, 6) is -0.282. The predicted molar refractivity (Wildman–Crippen MR) is 126 cm³/mol. The molecule has 1 saturated heterocycles. The van der Waals surface area contributed by atoms with E-state index < -0.39 is 20.0 Å². The van der Waals surface area contributed by atoms with Crippen LogP contribution < -0.4 is 4.90 Å². The van der Waals surface area contributed by atoms with Crippen LogP contribution >= 0.6 is 0 Å². The number of amides is 1. The van der Waals surface area contributed by atoms with E-state index in [1.165, 1.54) is 28.8 Å². The molecule has 0 N–H and O–H groups in total. The lowest BCUT2D eigenvalue weighted by atomic mass is 9.96. The monoisotopic (exact) mass is 491 g/mol. The topological polar surface area (TPSA) is 95.1 Å². The number of aryl methyl sites for hydroxylation is 1. The zero-order valence-electron chi connectivity index (χ0n) is 19.1. The zero-order valence-corrected chi connectivity index (χ0v) is 20.7. The van der Waals surface area contributed by atoms with Gasteiger partial charge in [-0.3, -0.25) is 4.79 Å². The summed E-state index contributed by atoms with van der Waals surface area (Å²) in [7, 11) is -4.13. The van der Waals surface area contributed by atoms with Crippen molar-refractivity contribution in [2.75, 3.05) is 38.6 Å². The minimum atomic E-state index is -3.57. The number of piperidine rings is 1. The van der Waals surface area contributed by atoms with E-state index in [0.29, 0.717) is 38.9 Å². The maximum atomic E-state index is 13.2. The first-order valence-corrected chi connectivity index (χ1v) is 13.8. The number of carbonyl (C=O) groups excluding carboxylic acids is 1. The van der Waals surface area contributed by atoms with Crippen molar-refractivity contribution >= 4 is 31.6 Å². The van der Waals surface area contributed by atoms with E-state index in [2.05, 4.69) is 0 Å². The fourth-order valence-electron chi connectivity index (χ4n) is 4.40. The van der Waals surface area contributed by atoms with Gasteiger partial charge in [-0.2, -0.15) is 4.31 Å². The van der Waals surface area contributed by atoms with Gasteiger partial charge in [-0.25, -0.2) is 21.1 Å². The lowest BCUT2D eigenvalue weighted by molar-refractivity contribution is -0.123. The summed E-state index contributed by atoms with van der Waals surface area (Å²) in [6.07, 6.45) is 1.52. The molecule has 0 aliphatic carbocycles. The van der Waals surface area contributed by atoms with Gasteiger partial charge in [0.15, 0.2) is 0 Å². The van der Waals surface area contributed by atoms with Gasteiger partial charge in [0.2, 0.25) is 26.0 Å². The molecular formula is C23H29N3O5S2. The zero-order chi connectivity index (χ0) is 24.0. The Kier molecular flexibility index (Phi) is 6.38. The molecule has 33 heavy (non-hydrogen) atoms. The summed E-state index contributed by atoms with van der Waals surface area (Å²) in [4.78, 5) is 15.5. The van der Waals surface area contributed by atoms with E-state index in [0.717, 1.165) is 16.8 Å². The highest BCUT2D eigenvalue weighted by atomic mass is 32.2. The normalized spacial score (nSPS) is 18.0. The lowest BCUT2D eigenvalue weighted by Crippen LogP contribution is -2.44. The molecule has 1 amide bonds. The standard InChI is InChI=1S/C23H29N3O5S2/c1-17-4-6-20(7-5-17)33(30,31)25-13-10-18(11-14-25)23(27)26-15-12-19-16-21(8-9-22(19)26)32(28,29)24(2)3/h4-9,16,18H,10-15H2,1-3H3. The SMILES string of the molecule is Cc1ccc(S(=O)(=O)N2CCC(C(=O)N3CCc4cc(S(=O)(=O)N(C)C)ccc43)CC2)cc1. The third kappa shape index (κ3) is 4.44. The van der Waals surface area contributed by atoms with Crippen LogP contribution in [0.2, 0.25) is 0 Å². The molecule has 0 spiro atoms. The highest BCUT2D eigenvalue weighted by Crippen LogP contribution is 2.34. The summed E-state index contributed by atoms with van der Waals surface area (Å²) >= 11 is 0. The third-order valence-electron chi connectivity index (χ3n) is 6.45. The fraction of sp³-hybridized carbons (Fsp3) is 0.435. The van der Waals surface area contributed by atoms with E-state index in [1.54, 1.807) is 41.3 Å². The number of sulfonamides is 2. The van der Waals surface area contributed by atoms with Crippen LogP contribution in [0.4, 0.5) is 5.69 Å². The van der Waals surface area contributed by atoms with Crippen LogP contribution in [0.1, 0.15) is 24.0 Å². The quantitative estimate of drug-likeness (QED) is 0.639. The number of hydrogen-bond donors (Lipinski definition) is 0. The molecule has 2 aromatic carbocycles. The van der Waals surface area contributed by atoms with Crippen LogP contribution in [-0.2, 0) is 31.3 Å². The minimum absolute atomic E-state index is 0.0237. The summed E-state index contributed by atoms with van der Waals surface area (Å²) in [5, 5.41) is 0. The molecule has 0 radical (unpaired) electrons. The Morgan fingerprint density at radius 2 is 1.52 bits per heavy atom. The Bertz CT molecular complexity index is 1260. The largest absolute Gasteiger partial charge is 0.312 e. The molecule has 2 aliphatic heterocycles. The number of benzene rings is 2. The van der Waals surface area contributed by atoms with Crippen LogP contribution in [0.3, 0.4) is 0 Å². The maximum absolute atomic E-state index is 13.2.